The first-order valence-corrected chi connectivity index (χ1v) is 7.24. The third-order valence-corrected chi connectivity index (χ3v) is 4.09. The van der Waals surface area contributed by atoms with E-state index in [1.165, 1.54) is 4.31 Å². The van der Waals surface area contributed by atoms with Crippen molar-refractivity contribution in [1.29, 1.82) is 0 Å². The van der Waals surface area contributed by atoms with Gasteiger partial charge in [-0.2, -0.15) is 0 Å². The Kier molecular flexibility index (Phi) is 7.33. The van der Waals surface area contributed by atoms with Gasteiger partial charge < -0.3 is 5.11 Å². The zero-order valence-corrected chi connectivity index (χ0v) is 10.8. The van der Waals surface area contributed by atoms with Gasteiger partial charge in [-0.25, -0.2) is 12.7 Å². The first-order valence-electron chi connectivity index (χ1n) is 5.63. The summed E-state index contributed by atoms with van der Waals surface area (Å²) in [6.45, 7) is 4.89. The average molecular weight is 251 g/mol. The summed E-state index contributed by atoms with van der Waals surface area (Å²) in [5.74, 6) is -1.02. The molecule has 0 unspecified atom stereocenters. The van der Waals surface area contributed by atoms with E-state index < -0.39 is 16.0 Å². The van der Waals surface area contributed by atoms with Crippen molar-refractivity contribution >= 4 is 16.0 Å². The van der Waals surface area contributed by atoms with Gasteiger partial charge in [-0.15, -0.1) is 0 Å². The lowest BCUT2D eigenvalue weighted by atomic mass is 10.3. The Bertz CT molecular complexity index is 294. The summed E-state index contributed by atoms with van der Waals surface area (Å²) in [5, 5.41) is 8.45. The fourth-order valence-electron chi connectivity index (χ4n) is 1.42. The Morgan fingerprint density at radius 2 is 1.69 bits per heavy atom. The molecule has 0 amide bonds. The second-order valence-electron chi connectivity index (χ2n) is 3.71. The molecule has 0 rings (SSSR count). The summed E-state index contributed by atoms with van der Waals surface area (Å²) in [4.78, 5) is 10.3. The summed E-state index contributed by atoms with van der Waals surface area (Å²) in [6.07, 6.45) is 1.64. The lowest BCUT2D eigenvalue weighted by Gasteiger charge is -2.20. The van der Waals surface area contributed by atoms with Gasteiger partial charge in [0.1, 0.15) is 0 Å². The van der Waals surface area contributed by atoms with Gasteiger partial charge in [0, 0.05) is 19.5 Å². The number of hydrogen-bond donors (Lipinski definition) is 1. The van der Waals surface area contributed by atoms with Crippen molar-refractivity contribution in [3.05, 3.63) is 0 Å². The van der Waals surface area contributed by atoms with Crippen LogP contribution in [0.2, 0.25) is 0 Å². The molecule has 0 aromatic heterocycles. The maximum absolute atomic E-state index is 11.8. The molecule has 6 heteroatoms. The normalized spacial score (nSPS) is 11.9. The lowest BCUT2D eigenvalue weighted by Crippen LogP contribution is -2.34. The van der Waals surface area contributed by atoms with E-state index in [4.69, 9.17) is 5.11 Å². The molecule has 0 aliphatic heterocycles. The monoisotopic (exact) mass is 251 g/mol. The van der Waals surface area contributed by atoms with Gasteiger partial charge in [0.2, 0.25) is 10.0 Å². The van der Waals surface area contributed by atoms with Crippen LogP contribution in [0.25, 0.3) is 0 Å². The summed E-state index contributed by atoms with van der Waals surface area (Å²) < 4.78 is 25.1. The van der Waals surface area contributed by atoms with E-state index in [9.17, 15) is 13.2 Å². The van der Waals surface area contributed by atoms with Gasteiger partial charge in [0.15, 0.2) is 0 Å². The van der Waals surface area contributed by atoms with Crippen LogP contribution in [0.15, 0.2) is 0 Å². The van der Waals surface area contributed by atoms with Crippen molar-refractivity contribution in [1.82, 2.24) is 4.31 Å². The largest absolute Gasteiger partial charge is 0.481 e. The summed E-state index contributed by atoms with van der Waals surface area (Å²) >= 11 is 0. The maximum Gasteiger partial charge on any atom is 0.303 e. The van der Waals surface area contributed by atoms with Crippen molar-refractivity contribution in [2.75, 3.05) is 18.8 Å². The van der Waals surface area contributed by atoms with Crippen LogP contribution >= 0.6 is 0 Å². The van der Waals surface area contributed by atoms with Crippen molar-refractivity contribution in [2.45, 2.75) is 39.5 Å². The van der Waals surface area contributed by atoms with Crippen LogP contribution in [-0.2, 0) is 14.8 Å². The van der Waals surface area contributed by atoms with Gasteiger partial charge >= 0.3 is 5.97 Å². The lowest BCUT2D eigenvalue weighted by molar-refractivity contribution is -0.137. The first kappa shape index (κ1) is 15.4. The fraction of sp³-hybridized carbons (Fsp3) is 0.900. The number of hydrogen-bond acceptors (Lipinski definition) is 3. The molecule has 0 spiro atoms. The SMILES string of the molecule is CCCN(CCC)S(=O)(=O)CCCC(=O)O. The predicted octanol–water partition coefficient (Wildman–Crippen LogP) is 1.30. The minimum Gasteiger partial charge on any atom is -0.481 e. The van der Waals surface area contributed by atoms with Crippen LogP contribution in [-0.4, -0.2) is 42.6 Å². The van der Waals surface area contributed by atoms with Crippen LogP contribution < -0.4 is 0 Å². The Balaban J connectivity index is 4.29. The summed E-state index contributed by atoms with van der Waals surface area (Å²) in [7, 11) is -3.27. The Hall–Kier alpha value is -0.620. The molecule has 0 saturated heterocycles. The highest BCUT2D eigenvalue weighted by Gasteiger charge is 2.20. The highest BCUT2D eigenvalue weighted by molar-refractivity contribution is 7.89. The van der Waals surface area contributed by atoms with Crippen LogP contribution in [0.3, 0.4) is 0 Å². The minimum atomic E-state index is -3.27. The molecule has 0 aliphatic carbocycles. The van der Waals surface area contributed by atoms with Gasteiger partial charge in [-0.05, 0) is 19.3 Å². The van der Waals surface area contributed by atoms with Gasteiger partial charge in [-0.3, -0.25) is 4.79 Å². The van der Waals surface area contributed by atoms with Gasteiger partial charge in [0.25, 0.3) is 0 Å². The van der Waals surface area contributed by atoms with Crippen molar-refractivity contribution in [3.8, 4) is 0 Å². The molecule has 0 atom stereocenters. The molecule has 16 heavy (non-hydrogen) atoms. The number of aliphatic carboxylic acids is 1. The van der Waals surface area contributed by atoms with Crippen molar-refractivity contribution in [2.24, 2.45) is 0 Å². The predicted molar refractivity (Wildman–Crippen MR) is 62.8 cm³/mol. The fourth-order valence-corrected chi connectivity index (χ4v) is 3.11. The van der Waals surface area contributed by atoms with Gasteiger partial charge in [-0.1, -0.05) is 13.8 Å². The molecule has 0 aromatic rings. The van der Waals surface area contributed by atoms with Crippen molar-refractivity contribution in [3.63, 3.8) is 0 Å². The van der Waals surface area contributed by atoms with Crippen LogP contribution in [0, 0.1) is 0 Å². The molecule has 1 N–H and O–H groups in total. The minimum absolute atomic E-state index is 0.0701. The van der Waals surface area contributed by atoms with E-state index in [1.54, 1.807) is 0 Å². The number of nitrogens with zero attached hydrogens (tertiary/aromatic N) is 1. The number of carbonyl (C=O) groups is 1. The second kappa shape index (κ2) is 7.62. The molecule has 0 saturated carbocycles. The quantitative estimate of drug-likeness (QED) is 0.670. The third-order valence-electron chi connectivity index (χ3n) is 2.13. The standard InChI is InChI=1S/C10H21NO4S/c1-3-7-11(8-4-2)16(14,15)9-5-6-10(12)13/h3-9H2,1-2H3,(H,12,13). The molecule has 5 nitrogen and oxygen atoms in total. The topological polar surface area (TPSA) is 74.7 Å². The number of sulfonamides is 1. The zero-order chi connectivity index (χ0) is 12.6. The van der Waals surface area contributed by atoms with Crippen LogP contribution in [0.5, 0.6) is 0 Å². The van der Waals surface area contributed by atoms with Crippen LogP contribution in [0.1, 0.15) is 39.5 Å². The highest BCUT2D eigenvalue weighted by Crippen LogP contribution is 2.07. The average Bonchev–Trinajstić information content (AvgIpc) is 2.16. The van der Waals surface area contributed by atoms with Crippen molar-refractivity contribution < 1.29 is 18.3 Å². The molecule has 0 radical (unpaired) electrons. The van der Waals surface area contributed by atoms with E-state index in [1.807, 2.05) is 13.8 Å². The smallest absolute Gasteiger partial charge is 0.303 e. The highest BCUT2D eigenvalue weighted by atomic mass is 32.2. The molecule has 96 valence electrons. The molecule has 0 aliphatic rings. The first-order chi connectivity index (χ1) is 7.44. The second-order valence-corrected chi connectivity index (χ2v) is 5.80. The number of carboxylic acid groups (broad SMARTS) is 1. The Morgan fingerprint density at radius 1 is 1.19 bits per heavy atom. The molecule has 0 heterocycles. The maximum atomic E-state index is 11.8. The molecule has 0 bridgehead atoms. The van der Waals surface area contributed by atoms with E-state index in [0.29, 0.717) is 13.1 Å². The van der Waals surface area contributed by atoms with E-state index in [-0.39, 0.29) is 18.6 Å². The molecular formula is C10H21NO4S. The summed E-state index contributed by atoms with van der Waals surface area (Å²) in [6, 6.07) is 0. The Labute approximate surface area is 97.5 Å². The molecular weight excluding hydrogens is 230 g/mol. The number of rotatable bonds is 9. The molecule has 0 aromatic carbocycles. The summed E-state index contributed by atoms with van der Waals surface area (Å²) in [5.41, 5.74) is 0. The molecule has 0 fully saturated rings. The van der Waals surface area contributed by atoms with Gasteiger partial charge in [0.05, 0.1) is 5.75 Å². The van der Waals surface area contributed by atoms with E-state index in [0.717, 1.165) is 12.8 Å². The van der Waals surface area contributed by atoms with E-state index in [2.05, 4.69) is 0 Å². The van der Waals surface area contributed by atoms with E-state index >= 15 is 0 Å². The third kappa shape index (κ3) is 6.07. The Morgan fingerprint density at radius 3 is 2.06 bits per heavy atom. The van der Waals surface area contributed by atoms with Crippen LogP contribution in [0.4, 0.5) is 0 Å². The zero-order valence-electron chi connectivity index (χ0n) is 9.98. The number of carboxylic acids is 1.